The van der Waals surface area contributed by atoms with Crippen molar-refractivity contribution in [2.45, 2.75) is 38.8 Å². The largest absolute Gasteiger partial charge is 0.356 e. The fraction of sp³-hybridized carbons (Fsp3) is 0.400. The Morgan fingerprint density at radius 1 is 1.14 bits per heavy atom. The van der Waals surface area contributed by atoms with Gasteiger partial charge in [-0.25, -0.2) is 14.6 Å². The first-order valence-corrected chi connectivity index (χ1v) is 10.0. The lowest BCUT2D eigenvalue weighted by Crippen LogP contribution is -2.27. The molecule has 1 fully saturated rings. The Balaban J connectivity index is 1.47. The van der Waals surface area contributed by atoms with Gasteiger partial charge in [0.05, 0.1) is 11.6 Å². The van der Waals surface area contributed by atoms with Crippen molar-refractivity contribution in [1.29, 1.82) is 0 Å². The Bertz CT molecular complexity index is 964. The van der Waals surface area contributed by atoms with Gasteiger partial charge in [-0.2, -0.15) is 5.10 Å². The molecule has 1 aliphatic heterocycles. The van der Waals surface area contributed by atoms with Crippen molar-refractivity contribution in [3.8, 4) is 0 Å². The smallest absolute Gasteiger partial charge is 0.242 e. The third-order valence-corrected chi connectivity index (χ3v) is 5.23. The number of amides is 1. The Kier molecular flexibility index (Phi) is 5.71. The molecular formula is C20H23ClN6O. The first-order valence-electron chi connectivity index (χ1n) is 9.63. The molecule has 1 amide bonds. The minimum atomic E-state index is -0.125. The van der Waals surface area contributed by atoms with Crippen LogP contribution in [0.5, 0.6) is 0 Å². The molecule has 1 N–H and O–H groups in total. The molecule has 1 aromatic carbocycles. The van der Waals surface area contributed by atoms with Gasteiger partial charge in [0.25, 0.3) is 0 Å². The second-order valence-electron chi connectivity index (χ2n) is 7.04. The molecule has 0 aliphatic carbocycles. The maximum atomic E-state index is 12.4. The predicted molar refractivity (Wildman–Crippen MR) is 109 cm³/mol. The highest BCUT2D eigenvalue weighted by atomic mass is 35.5. The maximum absolute atomic E-state index is 12.4. The van der Waals surface area contributed by atoms with Crippen LogP contribution in [0.15, 0.2) is 36.8 Å². The van der Waals surface area contributed by atoms with E-state index in [-0.39, 0.29) is 12.5 Å². The topological polar surface area (TPSA) is 75.9 Å². The van der Waals surface area contributed by atoms with E-state index in [4.69, 9.17) is 11.6 Å². The van der Waals surface area contributed by atoms with Gasteiger partial charge in [-0.3, -0.25) is 4.79 Å². The Morgan fingerprint density at radius 2 is 1.96 bits per heavy atom. The van der Waals surface area contributed by atoms with Crippen LogP contribution in [0.1, 0.15) is 31.2 Å². The van der Waals surface area contributed by atoms with E-state index in [2.05, 4.69) is 25.3 Å². The summed E-state index contributed by atoms with van der Waals surface area (Å²) in [4.78, 5) is 23.6. The average Bonchev–Trinajstić information content (AvgIpc) is 2.92. The molecule has 1 saturated heterocycles. The summed E-state index contributed by atoms with van der Waals surface area (Å²) in [5.74, 6) is 0.789. The Labute approximate surface area is 168 Å². The molecule has 2 aromatic heterocycles. The van der Waals surface area contributed by atoms with E-state index in [0.29, 0.717) is 17.2 Å². The molecule has 0 bridgehead atoms. The highest BCUT2D eigenvalue weighted by molar-refractivity contribution is 6.30. The van der Waals surface area contributed by atoms with Gasteiger partial charge >= 0.3 is 0 Å². The maximum Gasteiger partial charge on any atom is 0.242 e. The molecule has 8 heteroatoms. The predicted octanol–water partition coefficient (Wildman–Crippen LogP) is 3.18. The van der Waals surface area contributed by atoms with Crippen LogP contribution in [-0.2, 0) is 17.9 Å². The fourth-order valence-electron chi connectivity index (χ4n) is 3.57. The highest BCUT2D eigenvalue weighted by Crippen LogP contribution is 2.25. The third-order valence-electron chi connectivity index (χ3n) is 4.99. The molecule has 0 unspecified atom stereocenters. The summed E-state index contributed by atoms with van der Waals surface area (Å²) < 4.78 is 1.63. The van der Waals surface area contributed by atoms with Gasteiger partial charge in [-0.15, -0.1) is 0 Å². The van der Waals surface area contributed by atoms with Gasteiger partial charge in [0.1, 0.15) is 18.7 Å². The number of rotatable bonds is 5. The number of nitrogens with one attached hydrogen (secondary N) is 1. The first-order chi connectivity index (χ1) is 13.7. The zero-order chi connectivity index (χ0) is 19.3. The van der Waals surface area contributed by atoms with E-state index < -0.39 is 0 Å². The van der Waals surface area contributed by atoms with Gasteiger partial charge in [-0.1, -0.05) is 36.6 Å². The summed E-state index contributed by atoms with van der Waals surface area (Å²) in [5, 5.41) is 8.84. The molecule has 4 rings (SSSR count). The molecule has 146 valence electrons. The van der Waals surface area contributed by atoms with Gasteiger partial charge < -0.3 is 10.2 Å². The van der Waals surface area contributed by atoms with Crippen molar-refractivity contribution in [3.63, 3.8) is 0 Å². The monoisotopic (exact) mass is 398 g/mol. The molecule has 0 spiro atoms. The minimum absolute atomic E-state index is 0.112. The third kappa shape index (κ3) is 4.25. The summed E-state index contributed by atoms with van der Waals surface area (Å²) in [7, 11) is 0. The summed E-state index contributed by atoms with van der Waals surface area (Å²) in [6.45, 7) is 2.53. The zero-order valence-electron chi connectivity index (χ0n) is 15.6. The van der Waals surface area contributed by atoms with Crippen LogP contribution < -0.4 is 10.2 Å². The number of carbonyl (C=O) groups excluding carboxylic acids is 1. The molecular weight excluding hydrogens is 376 g/mol. The number of hydrogen-bond donors (Lipinski definition) is 1. The second kappa shape index (κ2) is 8.56. The van der Waals surface area contributed by atoms with E-state index in [1.165, 1.54) is 25.7 Å². The molecule has 0 saturated carbocycles. The Hall–Kier alpha value is -2.67. The second-order valence-corrected chi connectivity index (χ2v) is 7.48. The number of anilines is 1. The van der Waals surface area contributed by atoms with Crippen molar-refractivity contribution >= 4 is 34.4 Å². The number of fused-ring (bicyclic) bond motifs is 1. The lowest BCUT2D eigenvalue weighted by molar-refractivity contribution is -0.121. The van der Waals surface area contributed by atoms with Gasteiger partial charge in [-0.05, 0) is 30.5 Å². The fourth-order valence-corrected chi connectivity index (χ4v) is 3.78. The summed E-state index contributed by atoms with van der Waals surface area (Å²) >= 11 is 5.98. The minimum Gasteiger partial charge on any atom is -0.356 e. The van der Waals surface area contributed by atoms with Crippen LogP contribution in [-0.4, -0.2) is 38.7 Å². The molecule has 3 aromatic rings. The van der Waals surface area contributed by atoms with Gasteiger partial charge in [0.2, 0.25) is 5.91 Å². The standard InChI is InChI=1S/C20H23ClN6O/c21-16-7-5-6-15(10-16)11-22-18(28)13-27-20-17(12-25-27)19(23-14-24-20)26-8-3-1-2-4-9-26/h5-7,10,12,14H,1-4,8-9,11,13H2,(H,22,28). The van der Waals surface area contributed by atoms with Crippen LogP contribution in [0.3, 0.4) is 0 Å². The van der Waals surface area contributed by atoms with Gasteiger partial charge in [0.15, 0.2) is 5.65 Å². The van der Waals surface area contributed by atoms with E-state index in [0.717, 1.165) is 29.9 Å². The number of halogens is 1. The van der Waals surface area contributed by atoms with Gasteiger partial charge in [0, 0.05) is 24.7 Å². The van der Waals surface area contributed by atoms with Crippen LogP contribution in [0.25, 0.3) is 11.0 Å². The number of carbonyl (C=O) groups is 1. The van der Waals surface area contributed by atoms with Crippen molar-refractivity contribution in [2.75, 3.05) is 18.0 Å². The molecule has 3 heterocycles. The number of benzene rings is 1. The number of hydrogen-bond acceptors (Lipinski definition) is 5. The van der Waals surface area contributed by atoms with Crippen molar-refractivity contribution in [1.82, 2.24) is 25.1 Å². The quantitative estimate of drug-likeness (QED) is 0.714. The number of aromatic nitrogens is 4. The van der Waals surface area contributed by atoms with Crippen LogP contribution >= 0.6 is 11.6 Å². The lowest BCUT2D eigenvalue weighted by Gasteiger charge is -2.21. The van der Waals surface area contributed by atoms with Crippen molar-refractivity contribution < 1.29 is 4.79 Å². The molecule has 7 nitrogen and oxygen atoms in total. The normalized spacial score (nSPS) is 14.8. The van der Waals surface area contributed by atoms with Crippen LogP contribution in [0, 0.1) is 0 Å². The Morgan fingerprint density at radius 3 is 2.75 bits per heavy atom. The molecule has 0 radical (unpaired) electrons. The van der Waals surface area contributed by atoms with Crippen molar-refractivity contribution in [2.24, 2.45) is 0 Å². The van der Waals surface area contributed by atoms with Crippen LogP contribution in [0.2, 0.25) is 5.02 Å². The van der Waals surface area contributed by atoms with E-state index >= 15 is 0 Å². The average molecular weight is 399 g/mol. The SMILES string of the molecule is O=C(Cn1ncc2c(N3CCCCCC3)ncnc21)NCc1cccc(Cl)c1. The zero-order valence-corrected chi connectivity index (χ0v) is 16.4. The molecule has 1 aliphatic rings. The van der Waals surface area contributed by atoms with E-state index in [1.807, 2.05) is 24.3 Å². The first kappa shape index (κ1) is 18.7. The summed E-state index contributed by atoms with van der Waals surface area (Å²) in [6.07, 6.45) is 8.19. The lowest BCUT2D eigenvalue weighted by atomic mass is 10.2. The number of nitrogens with zero attached hydrogens (tertiary/aromatic N) is 5. The molecule has 28 heavy (non-hydrogen) atoms. The van der Waals surface area contributed by atoms with Crippen LogP contribution in [0.4, 0.5) is 5.82 Å². The molecule has 0 atom stereocenters. The summed E-state index contributed by atoms with van der Waals surface area (Å²) in [6, 6.07) is 7.44. The summed E-state index contributed by atoms with van der Waals surface area (Å²) in [5.41, 5.74) is 1.64. The highest BCUT2D eigenvalue weighted by Gasteiger charge is 2.18. The van der Waals surface area contributed by atoms with E-state index in [9.17, 15) is 4.79 Å². The van der Waals surface area contributed by atoms with Crippen molar-refractivity contribution in [3.05, 3.63) is 47.4 Å². The van der Waals surface area contributed by atoms with E-state index in [1.54, 1.807) is 17.2 Å².